The van der Waals surface area contributed by atoms with Crippen LogP contribution in [-0.2, 0) is 18.6 Å². The van der Waals surface area contributed by atoms with Gasteiger partial charge in [-0.25, -0.2) is 4.98 Å². The third kappa shape index (κ3) is 3.85. The largest absolute Gasteiger partial charge is 0.394 e. The molecule has 28 heavy (non-hydrogen) atoms. The van der Waals surface area contributed by atoms with Gasteiger partial charge in [0.05, 0.1) is 19.0 Å². The number of anilines is 1. The molecule has 13 nitrogen and oxygen atoms in total. The van der Waals surface area contributed by atoms with Crippen LogP contribution >= 0.6 is 8.25 Å². The number of nitrogens with two attached hydrogens (primary N) is 1. The highest BCUT2D eigenvalue weighted by atomic mass is 31.1. The van der Waals surface area contributed by atoms with Crippen LogP contribution in [0.2, 0.25) is 0 Å². The first-order valence-corrected chi connectivity index (χ1v) is 9.68. The van der Waals surface area contributed by atoms with Gasteiger partial charge in [-0.3, -0.25) is 29.0 Å². The van der Waals surface area contributed by atoms with Crippen LogP contribution in [0.3, 0.4) is 0 Å². The Morgan fingerprint density at radius 3 is 2.89 bits per heavy atom. The summed E-state index contributed by atoms with van der Waals surface area (Å²) in [5.74, 6) is -0.747. The number of rotatable bonds is 6. The molecule has 14 heteroatoms. The zero-order valence-corrected chi connectivity index (χ0v) is 16.0. The third-order valence-electron chi connectivity index (χ3n) is 4.28. The molecule has 1 unspecified atom stereocenters. The molecule has 2 aromatic heterocycles. The van der Waals surface area contributed by atoms with E-state index in [1.807, 2.05) is 0 Å². The molecule has 0 saturated carbocycles. The van der Waals surface area contributed by atoms with E-state index in [1.54, 1.807) is 13.8 Å². The number of nitrogens with zero attached hydrogens (tertiary/aromatic N) is 3. The maximum absolute atomic E-state index is 12.3. The highest BCUT2D eigenvalue weighted by molar-refractivity contribution is 7.32. The van der Waals surface area contributed by atoms with Gasteiger partial charge in [-0.15, -0.1) is 0 Å². The van der Waals surface area contributed by atoms with Crippen molar-refractivity contribution < 1.29 is 28.6 Å². The van der Waals surface area contributed by atoms with Crippen molar-refractivity contribution in [2.45, 2.75) is 38.3 Å². The van der Waals surface area contributed by atoms with Gasteiger partial charge in [0.2, 0.25) is 11.9 Å². The van der Waals surface area contributed by atoms with E-state index in [-0.39, 0.29) is 28.9 Å². The van der Waals surface area contributed by atoms with Gasteiger partial charge in [0.25, 0.3) is 5.56 Å². The second-order valence-electron chi connectivity index (χ2n) is 6.56. The minimum atomic E-state index is -3.32. The lowest BCUT2D eigenvalue weighted by Crippen LogP contribution is -2.40. The number of aromatic nitrogens is 4. The summed E-state index contributed by atoms with van der Waals surface area (Å²) >= 11 is 0. The summed E-state index contributed by atoms with van der Waals surface area (Å²) in [5.41, 5.74) is 5.57. The molecule has 0 spiro atoms. The van der Waals surface area contributed by atoms with Crippen molar-refractivity contribution in [1.82, 2.24) is 19.5 Å². The lowest BCUT2D eigenvalue weighted by atomic mass is 10.1. The van der Waals surface area contributed by atoms with Gasteiger partial charge in [0.1, 0.15) is 12.2 Å². The molecule has 2 aromatic rings. The highest BCUT2D eigenvalue weighted by Gasteiger charge is 2.45. The molecule has 0 bridgehead atoms. The Labute approximate surface area is 158 Å². The fourth-order valence-electron chi connectivity index (χ4n) is 2.86. The minimum Gasteiger partial charge on any atom is -0.394 e. The van der Waals surface area contributed by atoms with Crippen molar-refractivity contribution in [3.8, 4) is 0 Å². The number of hydrogen-bond donors (Lipinski definition) is 5. The van der Waals surface area contributed by atoms with E-state index >= 15 is 0 Å². The predicted molar refractivity (Wildman–Crippen MR) is 96.7 cm³/mol. The normalized spacial score (nSPS) is 26.1. The van der Waals surface area contributed by atoms with E-state index in [4.69, 9.17) is 19.9 Å². The number of ether oxygens (including phenoxy) is 1. The lowest BCUT2D eigenvalue weighted by Gasteiger charge is -2.19. The Morgan fingerprint density at radius 1 is 1.57 bits per heavy atom. The van der Waals surface area contributed by atoms with Crippen LogP contribution in [0.5, 0.6) is 0 Å². The van der Waals surface area contributed by atoms with E-state index in [9.17, 15) is 19.3 Å². The number of amides is 1. The zero-order valence-electron chi connectivity index (χ0n) is 15.0. The minimum absolute atomic E-state index is 0.0148. The molecular formula is C14H21N6O7P. The summed E-state index contributed by atoms with van der Waals surface area (Å²) in [7, 11) is -3.32. The van der Waals surface area contributed by atoms with Crippen LogP contribution in [-0.4, -0.2) is 60.3 Å². The standard InChI is InChI=1S/C14H21N6O7P/c1-5(2)11(22)18-14-17-10-8(12(23)19-14)16-4-20(10)13-7(15)9(27-28(24)25)6(3-21)26-13/h4-7,9,13,21,28H,3,15H2,1-2H3,(H,24,25)(H2,17,18,19,22,23)/t6-,7-,9-,13-/m1/s1. The Kier molecular flexibility index (Phi) is 5.93. The summed E-state index contributed by atoms with van der Waals surface area (Å²) in [4.78, 5) is 43.8. The summed E-state index contributed by atoms with van der Waals surface area (Å²) in [6, 6.07) is -0.953. The molecule has 3 rings (SSSR count). The first-order valence-electron chi connectivity index (χ1n) is 8.42. The first kappa shape index (κ1) is 20.6. The molecule has 1 fully saturated rings. The Balaban J connectivity index is 1.99. The van der Waals surface area contributed by atoms with Crippen LogP contribution in [0.1, 0.15) is 20.1 Å². The van der Waals surface area contributed by atoms with E-state index in [1.165, 1.54) is 10.9 Å². The summed E-state index contributed by atoms with van der Waals surface area (Å²) in [6.45, 7) is 2.87. The van der Waals surface area contributed by atoms with Crippen molar-refractivity contribution in [3.63, 3.8) is 0 Å². The Bertz CT molecular complexity index is 959. The molecule has 0 aliphatic carbocycles. The molecular weight excluding hydrogens is 395 g/mol. The van der Waals surface area contributed by atoms with E-state index in [0.717, 1.165) is 0 Å². The van der Waals surface area contributed by atoms with Crippen LogP contribution in [0.4, 0.5) is 5.95 Å². The quantitative estimate of drug-likeness (QED) is 0.353. The van der Waals surface area contributed by atoms with Crippen LogP contribution in [0, 0.1) is 5.92 Å². The fourth-order valence-corrected chi connectivity index (χ4v) is 3.40. The number of fused-ring (bicyclic) bond motifs is 1. The monoisotopic (exact) mass is 416 g/mol. The number of aliphatic hydroxyl groups excluding tert-OH is 1. The molecule has 0 aromatic carbocycles. The predicted octanol–water partition coefficient (Wildman–Crippen LogP) is -1.30. The zero-order chi connectivity index (χ0) is 20.6. The summed E-state index contributed by atoms with van der Waals surface area (Å²) < 4.78 is 23.0. The summed E-state index contributed by atoms with van der Waals surface area (Å²) in [6.07, 6.45) is -1.72. The average Bonchev–Trinajstić information content (AvgIpc) is 3.16. The van der Waals surface area contributed by atoms with E-state index in [0.29, 0.717) is 0 Å². The topological polar surface area (TPSA) is 195 Å². The number of H-pyrrole nitrogens is 1. The molecule has 1 amide bonds. The molecule has 1 saturated heterocycles. The van der Waals surface area contributed by atoms with Gasteiger partial charge >= 0.3 is 8.25 Å². The van der Waals surface area contributed by atoms with Gasteiger partial charge in [0, 0.05) is 5.92 Å². The second-order valence-corrected chi connectivity index (χ2v) is 7.32. The fraction of sp³-hybridized carbons (Fsp3) is 0.571. The molecule has 1 aliphatic rings. The SMILES string of the molecule is CC(C)C(=O)Nc1nc2c(ncn2[C@@H]2O[C@H](CO)[C@@H](O[PH](=O)O)[C@H]2N)c(=O)[nH]1. The number of carbonyl (C=O) groups is 1. The van der Waals surface area contributed by atoms with Crippen LogP contribution in [0.25, 0.3) is 11.2 Å². The van der Waals surface area contributed by atoms with Gasteiger partial charge < -0.3 is 25.0 Å². The molecule has 3 heterocycles. The molecule has 1 aliphatic heterocycles. The number of hydrogen-bond acceptors (Lipinski definition) is 9. The number of imidazole rings is 1. The number of nitrogens with one attached hydrogen (secondary N) is 2. The van der Waals surface area contributed by atoms with E-state index in [2.05, 4.69) is 20.3 Å². The van der Waals surface area contributed by atoms with Gasteiger partial charge in [-0.2, -0.15) is 4.98 Å². The number of aromatic amines is 1. The molecule has 5 atom stereocenters. The van der Waals surface area contributed by atoms with Crippen molar-refractivity contribution in [2.75, 3.05) is 11.9 Å². The van der Waals surface area contributed by atoms with Gasteiger partial charge in [0.15, 0.2) is 17.4 Å². The van der Waals surface area contributed by atoms with Crippen LogP contribution in [0.15, 0.2) is 11.1 Å². The number of carbonyl (C=O) groups excluding carboxylic acids is 1. The summed E-state index contributed by atoms with van der Waals surface area (Å²) in [5, 5.41) is 12.0. The Morgan fingerprint density at radius 2 is 2.29 bits per heavy atom. The lowest BCUT2D eigenvalue weighted by molar-refractivity contribution is -0.118. The van der Waals surface area contributed by atoms with Gasteiger partial charge in [-0.05, 0) is 0 Å². The molecule has 0 radical (unpaired) electrons. The van der Waals surface area contributed by atoms with Crippen molar-refractivity contribution in [3.05, 3.63) is 16.7 Å². The molecule has 6 N–H and O–H groups in total. The second kappa shape index (κ2) is 8.07. The number of aliphatic hydroxyl groups is 1. The van der Waals surface area contributed by atoms with Crippen molar-refractivity contribution in [2.24, 2.45) is 11.7 Å². The van der Waals surface area contributed by atoms with Crippen molar-refractivity contribution in [1.29, 1.82) is 0 Å². The molecule has 154 valence electrons. The maximum atomic E-state index is 12.3. The average molecular weight is 416 g/mol. The highest BCUT2D eigenvalue weighted by Crippen LogP contribution is 2.35. The maximum Gasteiger partial charge on any atom is 0.316 e. The third-order valence-corrected chi connectivity index (χ3v) is 4.75. The van der Waals surface area contributed by atoms with Gasteiger partial charge in [-0.1, -0.05) is 13.8 Å². The smallest absolute Gasteiger partial charge is 0.316 e. The van der Waals surface area contributed by atoms with Crippen LogP contribution < -0.4 is 16.6 Å². The van der Waals surface area contributed by atoms with Crippen molar-refractivity contribution >= 4 is 31.3 Å². The first-order chi connectivity index (χ1) is 13.2. The van der Waals surface area contributed by atoms with E-state index < -0.39 is 44.9 Å². The Hall–Kier alpha value is -2.15.